The van der Waals surface area contributed by atoms with E-state index in [4.69, 9.17) is 9.84 Å². The molecule has 0 amide bonds. The fourth-order valence-corrected chi connectivity index (χ4v) is 2.59. The predicted octanol–water partition coefficient (Wildman–Crippen LogP) is 3.05. The molecule has 20 heavy (non-hydrogen) atoms. The average molecular weight is 292 g/mol. The van der Waals surface area contributed by atoms with Crippen LogP contribution in [0.2, 0.25) is 25.7 Å². The molecule has 0 radical (unpaired) electrons. The van der Waals surface area contributed by atoms with Crippen LogP contribution in [0.3, 0.4) is 0 Å². The summed E-state index contributed by atoms with van der Waals surface area (Å²) in [7, 11) is -1.08. The van der Waals surface area contributed by atoms with Gasteiger partial charge < -0.3 is 14.4 Å². The highest BCUT2D eigenvalue weighted by atomic mass is 28.3. The quantitative estimate of drug-likeness (QED) is 0.656. The van der Waals surface area contributed by atoms with Crippen LogP contribution in [0.15, 0.2) is 24.5 Å². The number of rotatable bonds is 6. The molecule has 0 aliphatic carbocycles. The molecule has 0 unspecified atom stereocenters. The van der Waals surface area contributed by atoms with Crippen LogP contribution in [-0.2, 0) is 11.5 Å². The Kier molecular flexibility index (Phi) is 4.25. The van der Waals surface area contributed by atoms with E-state index in [-0.39, 0.29) is 5.56 Å². The minimum absolute atomic E-state index is 0.265. The fourth-order valence-electron chi connectivity index (χ4n) is 1.83. The first-order valence-electron chi connectivity index (χ1n) is 6.63. The van der Waals surface area contributed by atoms with Gasteiger partial charge in [0.05, 0.1) is 22.9 Å². The second kappa shape index (κ2) is 5.76. The van der Waals surface area contributed by atoms with Crippen LogP contribution >= 0.6 is 0 Å². The topological polar surface area (TPSA) is 64.4 Å². The van der Waals surface area contributed by atoms with Crippen molar-refractivity contribution in [2.24, 2.45) is 0 Å². The van der Waals surface area contributed by atoms with Gasteiger partial charge in [0.2, 0.25) is 0 Å². The smallest absolute Gasteiger partial charge is 0.335 e. The number of imidazole rings is 1. The molecule has 108 valence electrons. The molecule has 1 N–H and O–H groups in total. The van der Waals surface area contributed by atoms with Crippen LogP contribution in [0.5, 0.6) is 0 Å². The number of benzene rings is 1. The summed E-state index contributed by atoms with van der Waals surface area (Å²) < 4.78 is 7.51. The zero-order chi connectivity index (χ0) is 14.8. The summed E-state index contributed by atoms with van der Waals surface area (Å²) >= 11 is 0. The first-order valence-corrected chi connectivity index (χ1v) is 10.3. The molecule has 2 rings (SSSR count). The van der Waals surface area contributed by atoms with Gasteiger partial charge in [-0.05, 0) is 24.2 Å². The van der Waals surface area contributed by atoms with Crippen molar-refractivity contribution in [2.75, 3.05) is 6.61 Å². The van der Waals surface area contributed by atoms with E-state index in [9.17, 15) is 4.79 Å². The molecular formula is C14H20N2O3Si. The van der Waals surface area contributed by atoms with Gasteiger partial charge >= 0.3 is 5.97 Å². The third kappa shape index (κ3) is 3.67. The number of aromatic nitrogens is 2. The van der Waals surface area contributed by atoms with E-state index >= 15 is 0 Å². The summed E-state index contributed by atoms with van der Waals surface area (Å²) in [5.74, 6) is -0.931. The summed E-state index contributed by atoms with van der Waals surface area (Å²) in [5, 5.41) is 9.02. The third-order valence-electron chi connectivity index (χ3n) is 3.09. The van der Waals surface area contributed by atoms with Gasteiger partial charge in [0, 0.05) is 14.7 Å². The molecule has 0 atom stereocenters. The minimum Gasteiger partial charge on any atom is -0.478 e. The van der Waals surface area contributed by atoms with Crippen molar-refractivity contribution in [3.63, 3.8) is 0 Å². The predicted molar refractivity (Wildman–Crippen MR) is 80.8 cm³/mol. The number of hydrogen-bond acceptors (Lipinski definition) is 3. The van der Waals surface area contributed by atoms with Crippen LogP contribution in [0.4, 0.5) is 0 Å². The monoisotopic (exact) mass is 292 g/mol. The number of nitrogens with zero attached hydrogens (tertiary/aromatic N) is 2. The summed E-state index contributed by atoms with van der Waals surface area (Å²) in [6, 6.07) is 6.03. The van der Waals surface area contributed by atoms with Crippen LogP contribution in [-0.4, -0.2) is 35.3 Å². The van der Waals surface area contributed by atoms with Crippen molar-refractivity contribution < 1.29 is 14.6 Å². The van der Waals surface area contributed by atoms with Crippen molar-refractivity contribution in [3.8, 4) is 0 Å². The molecule has 1 heterocycles. The van der Waals surface area contributed by atoms with Gasteiger partial charge in [0.15, 0.2) is 0 Å². The lowest BCUT2D eigenvalue weighted by Gasteiger charge is -2.15. The average Bonchev–Trinajstić information content (AvgIpc) is 2.76. The minimum atomic E-state index is -1.08. The summed E-state index contributed by atoms with van der Waals surface area (Å²) in [6.07, 6.45) is 1.69. The second-order valence-corrected chi connectivity index (χ2v) is 11.7. The summed E-state index contributed by atoms with van der Waals surface area (Å²) in [4.78, 5) is 15.2. The highest BCUT2D eigenvalue weighted by Gasteiger charge is 2.12. The molecule has 0 aliphatic rings. The Balaban J connectivity index is 2.06. The van der Waals surface area contributed by atoms with E-state index in [0.717, 1.165) is 23.7 Å². The SMILES string of the molecule is C[Si](C)(C)CCOCn1cnc2ccc(C(=O)O)cc21. The maximum Gasteiger partial charge on any atom is 0.335 e. The first-order chi connectivity index (χ1) is 9.37. The van der Waals surface area contributed by atoms with Crippen molar-refractivity contribution >= 4 is 25.1 Å². The van der Waals surface area contributed by atoms with Crippen molar-refractivity contribution in [1.82, 2.24) is 9.55 Å². The third-order valence-corrected chi connectivity index (χ3v) is 4.80. The van der Waals surface area contributed by atoms with E-state index < -0.39 is 14.0 Å². The van der Waals surface area contributed by atoms with Crippen molar-refractivity contribution in [1.29, 1.82) is 0 Å². The van der Waals surface area contributed by atoms with Gasteiger partial charge in [-0.25, -0.2) is 9.78 Å². The Labute approximate surface area is 119 Å². The Morgan fingerprint density at radius 1 is 1.40 bits per heavy atom. The van der Waals surface area contributed by atoms with Gasteiger partial charge in [0.1, 0.15) is 6.73 Å². The lowest BCUT2D eigenvalue weighted by atomic mass is 10.2. The Hall–Kier alpha value is -1.66. The number of carboxylic acids is 1. The molecular weight excluding hydrogens is 272 g/mol. The highest BCUT2D eigenvalue weighted by Crippen LogP contribution is 2.15. The maximum absolute atomic E-state index is 11.0. The van der Waals surface area contributed by atoms with E-state index in [2.05, 4.69) is 24.6 Å². The first kappa shape index (κ1) is 14.7. The standard InChI is InChI=1S/C14H20N2O3Si/c1-20(2,3)7-6-19-10-16-9-15-12-5-4-11(14(17)18)8-13(12)16/h4-5,8-9H,6-7,10H2,1-3H3,(H,17,18). The van der Waals surface area contributed by atoms with Gasteiger partial charge in [-0.1, -0.05) is 19.6 Å². The van der Waals surface area contributed by atoms with Gasteiger partial charge in [-0.2, -0.15) is 0 Å². The van der Waals surface area contributed by atoms with E-state index in [1.54, 1.807) is 24.5 Å². The van der Waals surface area contributed by atoms with Gasteiger partial charge in [-0.3, -0.25) is 0 Å². The number of ether oxygens (including phenoxy) is 1. The van der Waals surface area contributed by atoms with Crippen LogP contribution in [0.25, 0.3) is 11.0 Å². The van der Waals surface area contributed by atoms with Crippen LogP contribution < -0.4 is 0 Å². The van der Waals surface area contributed by atoms with Crippen LogP contribution in [0.1, 0.15) is 10.4 Å². The summed E-state index contributed by atoms with van der Waals surface area (Å²) in [5.41, 5.74) is 1.84. The fraction of sp³-hybridized carbons (Fsp3) is 0.429. The molecule has 0 bridgehead atoms. The van der Waals surface area contributed by atoms with Crippen molar-refractivity contribution in [2.45, 2.75) is 32.4 Å². The number of hydrogen-bond donors (Lipinski definition) is 1. The molecule has 0 saturated carbocycles. The molecule has 0 aliphatic heterocycles. The van der Waals surface area contributed by atoms with E-state index in [0.29, 0.717) is 6.73 Å². The molecule has 2 aromatic rings. The molecule has 0 saturated heterocycles. The number of carbonyl (C=O) groups is 1. The van der Waals surface area contributed by atoms with Crippen molar-refractivity contribution in [3.05, 3.63) is 30.1 Å². The normalized spacial score (nSPS) is 11.9. The largest absolute Gasteiger partial charge is 0.478 e. The zero-order valence-corrected chi connectivity index (χ0v) is 13.1. The lowest BCUT2D eigenvalue weighted by molar-refractivity contribution is 0.0696. The maximum atomic E-state index is 11.0. The van der Waals surface area contributed by atoms with E-state index in [1.165, 1.54) is 0 Å². The van der Waals surface area contributed by atoms with Gasteiger partial charge in [-0.15, -0.1) is 0 Å². The molecule has 5 nitrogen and oxygen atoms in total. The van der Waals surface area contributed by atoms with E-state index in [1.807, 2.05) is 4.57 Å². The lowest BCUT2D eigenvalue weighted by Crippen LogP contribution is -2.21. The number of carboxylic acid groups (broad SMARTS) is 1. The number of aromatic carboxylic acids is 1. The number of fused-ring (bicyclic) bond motifs is 1. The zero-order valence-electron chi connectivity index (χ0n) is 12.1. The second-order valence-electron chi connectivity index (χ2n) is 6.07. The molecule has 1 aromatic heterocycles. The Morgan fingerprint density at radius 3 is 2.80 bits per heavy atom. The molecule has 0 fully saturated rings. The Morgan fingerprint density at radius 2 is 2.15 bits per heavy atom. The van der Waals surface area contributed by atoms with Crippen LogP contribution in [0, 0.1) is 0 Å². The molecule has 6 heteroatoms. The summed E-state index contributed by atoms with van der Waals surface area (Å²) in [6.45, 7) is 8.06. The molecule has 1 aromatic carbocycles. The molecule has 0 spiro atoms. The van der Waals surface area contributed by atoms with Gasteiger partial charge in [0.25, 0.3) is 0 Å². The highest BCUT2D eigenvalue weighted by molar-refractivity contribution is 6.76. The Bertz CT molecular complexity index is 616.